The maximum atomic E-state index is 13.7. The molecule has 38 heavy (non-hydrogen) atoms. The second-order valence-corrected chi connectivity index (χ2v) is 11.9. The first-order valence-electron chi connectivity index (χ1n) is 12.7. The standard InChI is InChI=1S/C29H32ClN3O4S/c1-20-12-16-24(17-13-20)38(36,37)33(23-15-14-21(2)26(30)18-23)19-28(34)32-27-11-7-6-10-25(27)29(35)31-22-8-4-3-5-9-22/h6-7,10-18,22H,3-5,8-9,19H2,1-2H3,(H,31,35)(H,32,34). The van der Waals surface area contributed by atoms with E-state index in [-0.39, 0.29) is 22.5 Å². The maximum Gasteiger partial charge on any atom is 0.264 e. The molecule has 0 spiro atoms. The summed E-state index contributed by atoms with van der Waals surface area (Å²) in [7, 11) is -4.10. The molecule has 0 atom stereocenters. The van der Waals surface area contributed by atoms with Crippen molar-refractivity contribution >= 4 is 44.8 Å². The van der Waals surface area contributed by atoms with Crippen LogP contribution in [0, 0.1) is 13.8 Å². The molecule has 200 valence electrons. The third-order valence-corrected chi connectivity index (χ3v) is 8.92. The minimum atomic E-state index is -4.10. The predicted octanol–water partition coefficient (Wildman–Crippen LogP) is 5.85. The van der Waals surface area contributed by atoms with Crippen LogP contribution >= 0.6 is 11.6 Å². The number of sulfonamides is 1. The second kappa shape index (κ2) is 12.0. The molecule has 4 rings (SSSR count). The zero-order valence-electron chi connectivity index (χ0n) is 21.5. The lowest BCUT2D eigenvalue weighted by atomic mass is 9.95. The van der Waals surface area contributed by atoms with Crippen molar-refractivity contribution in [1.82, 2.24) is 5.32 Å². The maximum absolute atomic E-state index is 13.7. The minimum absolute atomic E-state index is 0.0554. The Hall–Kier alpha value is -3.36. The molecule has 1 saturated carbocycles. The number of anilines is 2. The highest BCUT2D eigenvalue weighted by atomic mass is 35.5. The quantitative estimate of drug-likeness (QED) is 0.365. The van der Waals surface area contributed by atoms with Gasteiger partial charge in [-0.15, -0.1) is 0 Å². The molecule has 9 heteroatoms. The van der Waals surface area contributed by atoms with Crippen LogP contribution in [0.3, 0.4) is 0 Å². The second-order valence-electron chi connectivity index (χ2n) is 9.66. The number of para-hydroxylation sites is 1. The Bertz CT molecular complexity index is 1420. The van der Waals surface area contributed by atoms with E-state index in [9.17, 15) is 18.0 Å². The molecule has 0 aliphatic heterocycles. The Morgan fingerprint density at radius 1 is 0.947 bits per heavy atom. The number of hydrogen-bond acceptors (Lipinski definition) is 4. The highest BCUT2D eigenvalue weighted by molar-refractivity contribution is 7.92. The molecule has 2 amide bonds. The van der Waals surface area contributed by atoms with E-state index >= 15 is 0 Å². The average molecular weight is 554 g/mol. The van der Waals surface area contributed by atoms with Crippen LogP contribution in [0.1, 0.15) is 53.6 Å². The van der Waals surface area contributed by atoms with Crippen LogP contribution in [0.15, 0.2) is 71.6 Å². The van der Waals surface area contributed by atoms with Crippen LogP contribution in [0.2, 0.25) is 5.02 Å². The van der Waals surface area contributed by atoms with Gasteiger partial charge in [0.05, 0.1) is 21.8 Å². The number of benzene rings is 3. The fourth-order valence-electron chi connectivity index (χ4n) is 4.51. The Morgan fingerprint density at radius 3 is 2.32 bits per heavy atom. The van der Waals surface area contributed by atoms with Gasteiger partial charge in [0, 0.05) is 11.1 Å². The summed E-state index contributed by atoms with van der Waals surface area (Å²) in [5.74, 6) is -0.849. The molecule has 0 saturated heterocycles. The lowest BCUT2D eigenvalue weighted by molar-refractivity contribution is -0.114. The summed E-state index contributed by atoms with van der Waals surface area (Å²) in [6.45, 7) is 3.17. The molecule has 0 aromatic heterocycles. The topological polar surface area (TPSA) is 95.6 Å². The Morgan fingerprint density at radius 2 is 1.63 bits per heavy atom. The molecule has 1 aliphatic rings. The number of nitrogens with one attached hydrogen (secondary N) is 2. The van der Waals surface area contributed by atoms with Gasteiger partial charge in [-0.3, -0.25) is 13.9 Å². The van der Waals surface area contributed by atoms with E-state index in [0.717, 1.165) is 41.1 Å². The molecule has 2 N–H and O–H groups in total. The number of carbonyl (C=O) groups excluding carboxylic acids is 2. The van der Waals surface area contributed by atoms with Crippen LogP contribution in [0.25, 0.3) is 0 Å². The van der Waals surface area contributed by atoms with E-state index in [1.54, 1.807) is 48.5 Å². The zero-order chi connectivity index (χ0) is 27.3. The number of hydrogen-bond donors (Lipinski definition) is 2. The third-order valence-electron chi connectivity index (χ3n) is 6.73. The highest BCUT2D eigenvalue weighted by Crippen LogP contribution is 2.28. The smallest absolute Gasteiger partial charge is 0.264 e. The minimum Gasteiger partial charge on any atom is -0.349 e. The first kappa shape index (κ1) is 27.7. The molecule has 3 aromatic carbocycles. The van der Waals surface area contributed by atoms with Crippen LogP contribution in [0.4, 0.5) is 11.4 Å². The van der Waals surface area contributed by atoms with Gasteiger partial charge in [0.15, 0.2) is 0 Å². The number of halogens is 1. The van der Waals surface area contributed by atoms with Crippen LogP contribution in [-0.4, -0.2) is 32.8 Å². The van der Waals surface area contributed by atoms with Crippen molar-refractivity contribution in [3.05, 3.63) is 88.4 Å². The first-order chi connectivity index (χ1) is 18.1. The van der Waals surface area contributed by atoms with E-state index in [1.807, 2.05) is 13.8 Å². The van der Waals surface area contributed by atoms with Gasteiger partial charge in [0.25, 0.3) is 15.9 Å². The van der Waals surface area contributed by atoms with E-state index < -0.39 is 22.5 Å². The van der Waals surface area contributed by atoms with Gasteiger partial charge in [-0.1, -0.05) is 66.8 Å². The molecular weight excluding hydrogens is 522 g/mol. The molecular formula is C29H32ClN3O4S. The number of aryl methyl sites for hydroxylation is 2. The molecule has 0 bridgehead atoms. The van der Waals surface area contributed by atoms with E-state index in [2.05, 4.69) is 10.6 Å². The third kappa shape index (κ3) is 6.55. The SMILES string of the molecule is Cc1ccc(S(=O)(=O)N(CC(=O)Nc2ccccc2C(=O)NC2CCCCC2)c2ccc(C)c(Cl)c2)cc1. The molecule has 3 aromatic rings. The summed E-state index contributed by atoms with van der Waals surface area (Å²) in [6, 6.07) is 18.1. The van der Waals surface area contributed by atoms with Crippen molar-refractivity contribution in [3.8, 4) is 0 Å². The predicted molar refractivity (Wildman–Crippen MR) is 151 cm³/mol. The summed E-state index contributed by atoms with van der Waals surface area (Å²) in [6.07, 6.45) is 5.21. The largest absolute Gasteiger partial charge is 0.349 e. The van der Waals surface area contributed by atoms with Gasteiger partial charge in [-0.2, -0.15) is 0 Å². The molecule has 1 fully saturated rings. The van der Waals surface area contributed by atoms with Crippen LogP contribution in [0.5, 0.6) is 0 Å². The highest BCUT2D eigenvalue weighted by Gasteiger charge is 2.28. The molecule has 0 radical (unpaired) electrons. The van der Waals surface area contributed by atoms with Crippen molar-refractivity contribution in [1.29, 1.82) is 0 Å². The molecule has 0 unspecified atom stereocenters. The fourth-order valence-corrected chi connectivity index (χ4v) is 6.10. The Kier molecular flexibility index (Phi) is 8.74. The van der Waals surface area contributed by atoms with E-state index in [4.69, 9.17) is 11.6 Å². The van der Waals surface area contributed by atoms with Crippen LogP contribution in [-0.2, 0) is 14.8 Å². The summed E-state index contributed by atoms with van der Waals surface area (Å²) in [4.78, 5) is 26.3. The van der Waals surface area contributed by atoms with Crippen molar-refractivity contribution in [3.63, 3.8) is 0 Å². The van der Waals surface area contributed by atoms with E-state index in [0.29, 0.717) is 16.3 Å². The Balaban J connectivity index is 1.59. The molecule has 0 heterocycles. The monoisotopic (exact) mass is 553 g/mol. The average Bonchev–Trinajstić information content (AvgIpc) is 2.90. The van der Waals surface area contributed by atoms with Gasteiger partial charge >= 0.3 is 0 Å². The van der Waals surface area contributed by atoms with Gasteiger partial charge < -0.3 is 10.6 Å². The molecule has 1 aliphatic carbocycles. The van der Waals surface area contributed by atoms with Crippen molar-refractivity contribution in [2.45, 2.75) is 56.9 Å². The number of amides is 2. The van der Waals surface area contributed by atoms with Gasteiger partial charge in [-0.05, 0) is 68.7 Å². The van der Waals surface area contributed by atoms with Gasteiger partial charge in [-0.25, -0.2) is 8.42 Å². The number of rotatable bonds is 8. The first-order valence-corrected chi connectivity index (χ1v) is 14.5. The Labute approximate surface area is 229 Å². The van der Waals surface area contributed by atoms with Gasteiger partial charge in [0.1, 0.15) is 6.54 Å². The van der Waals surface area contributed by atoms with Gasteiger partial charge in [0.2, 0.25) is 5.91 Å². The van der Waals surface area contributed by atoms with Crippen molar-refractivity contribution in [2.24, 2.45) is 0 Å². The number of carbonyl (C=O) groups is 2. The zero-order valence-corrected chi connectivity index (χ0v) is 23.1. The lowest BCUT2D eigenvalue weighted by Gasteiger charge is -2.25. The molecule has 7 nitrogen and oxygen atoms in total. The summed E-state index contributed by atoms with van der Waals surface area (Å²) in [5, 5.41) is 6.20. The summed E-state index contributed by atoms with van der Waals surface area (Å²) >= 11 is 6.31. The normalized spacial score (nSPS) is 14.1. The fraction of sp³-hybridized carbons (Fsp3) is 0.310. The summed E-state index contributed by atoms with van der Waals surface area (Å²) in [5.41, 5.74) is 2.61. The van der Waals surface area contributed by atoms with Crippen molar-refractivity contribution in [2.75, 3.05) is 16.2 Å². The number of nitrogens with zero attached hydrogens (tertiary/aromatic N) is 1. The lowest BCUT2D eigenvalue weighted by Crippen LogP contribution is -2.39. The summed E-state index contributed by atoms with van der Waals surface area (Å²) < 4.78 is 28.4. The van der Waals surface area contributed by atoms with Crippen molar-refractivity contribution < 1.29 is 18.0 Å². The van der Waals surface area contributed by atoms with Crippen LogP contribution < -0.4 is 14.9 Å². The van der Waals surface area contributed by atoms with E-state index in [1.165, 1.54) is 24.6 Å².